The number of rotatable bonds is 3. The molecule has 2 aromatic rings. The first kappa shape index (κ1) is 13.3. The molecule has 5 nitrogen and oxygen atoms in total. The van der Waals surface area contributed by atoms with Crippen molar-refractivity contribution in [3.8, 4) is 0 Å². The van der Waals surface area contributed by atoms with Gasteiger partial charge in [0.2, 0.25) is 0 Å². The molecule has 0 atom stereocenters. The first-order valence-electron chi connectivity index (χ1n) is 5.42. The first-order valence-corrected chi connectivity index (χ1v) is 7.12. The highest BCUT2D eigenvalue weighted by Crippen LogP contribution is 2.30. The maximum atomic E-state index is 5.44. The van der Waals surface area contributed by atoms with E-state index in [1.807, 2.05) is 11.4 Å². The van der Waals surface area contributed by atoms with Crippen LogP contribution in [0, 0.1) is 0 Å². The fourth-order valence-electron chi connectivity index (χ4n) is 1.24. The molecule has 0 aliphatic heterocycles. The van der Waals surface area contributed by atoms with E-state index in [2.05, 4.69) is 41.1 Å². The Morgan fingerprint density at radius 1 is 1.33 bits per heavy atom. The van der Waals surface area contributed by atoms with Crippen molar-refractivity contribution in [2.45, 2.75) is 35.6 Å². The average Bonchev–Trinajstić information content (AvgIpc) is 2.80. The molecule has 0 aliphatic rings. The zero-order valence-corrected chi connectivity index (χ0v) is 12.1. The van der Waals surface area contributed by atoms with Gasteiger partial charge in [-0.15, -0.1) is 11.3 Å². The summed E-state index contributed by atoms with van der Waals surface area (Å²) in [5.41, 5.74) is 2.46. The number of hydrogen-bond donors (Lipinski definition) is 2. The second kappa shape index (κ2) is 5.21. The molecule has 0 spiro atoms. The smallest absolute Gasteiger partial charge is 0.156 e. The van der Waals surface area contributed by atoms with Gasteiger partial charge in [0.15, 0.2) is 4.34 Å². The van der Waals surface area contributed by atoms with Crippen LogP contribution in [0.1, 0.15) is 26.6 Å². The summed E-state index contributed by atoms with van der Waals surface area (Å²) in [4.78, 5) is 13.2. The molecule has 0 fully saturated rings. The highest BCUT2D eigenvalue weighted by atomic mass is 32.2. The summed E-state index contributed by atoms with van der Waals surface area (Å²) in [5, 5.41) is 2.79. The molecule has 18 heavy (non-hydrogen) atoms. The van der Waals surface area contributed by atoms with Crippen molar-refractivity contribution in [2.75, 3.05) is 5.43 Å². The minimum absolute atomic E-state index is 0.120. The Bertz CT molecular complexity index is 519. The fraction of sp³-hybridized carbons (Fsp3) is 0.364. The van der Waals surface area contributed by atoms with Gasteiger partial charge in [-0.25, -0.2) is 20.8 Å². The van der Waals surface area contributed by atoms with Crippen molar-refractivity contribution in [1.82, 2.24) is 15.0 Å². The molecule has 0 radical (unpaired) electrons. The molecular weight excluding hydrogens is 266 g/mol. The van der Waals surface area contributed by atoms with E-state index < -0.39 is 0 Å². The molecule has 0 unspecified atom stereocenters. The van der Waals surface area contributed by atoms with E-state index in [9.17, 15) is 0 Å². The average molecular weight is 281 g/mol. The quantitative estimate of drug-likeness (QED) is 0.512. The second-order valence-electron chi connectivity index (χ2n) is 4.71. The van der Waals surface area contributed by atoms with Crippen LogP contribution in [-0.2, 0) is 5.41 Å². The number of aromatic nitrogens is 3. The van der Waals surface area contributed by atoms with Crippen LogP contribution in [0.15, 0.2) is 27.0 Å². The van der Waals surface area contributed by atoms with Crippen LogP contribution in [0.2, 0.25) is 0 Å². The van der Waals surface area contributed by atoms with Gasteiger partial charge in [-0.2, -0.15) is 0 Å². The molecule has 0 aromatic carbocycles. The molecule has 7 heteroatoms. The summed E-state index contributed by atoms with van der Waals surface area (Å²) in [6.45, 7) is 6.21. The highest BCUT2D eigenvalue weighted by molar-refractivity contribution is 8.01. The van der Waals surface area contributed by atoms with Gasteiger partial charge < -0.3 is 5.43 Å². The minimum atomic E-state index is -0.120. The molecule has 0 saturated heterocycles. The van der Waals surface area contributed by atoms with Gasteiger partial charge >= 0.3 is 0 Å². The lowest BCUT2D eigenvalue weighted by Gasteiger charge is -2.17. The first-order chi connectivity index (χ1) is 8.49. The van der Waals surface area contributed by atoms with Gasteiger partial charge in [-0.1, -0.05) is 20.8 Å². The lowest BCUT2D eigenvalue weighted by atomic mass is 9.96. The number of nitrogens with one attached hydrogen (secondary N) is 1. The van der Waals surface area contributed by atoms with Crippen molar-refractivity contribution in [3.63, 3.8) is 0 Å². The number of anilines is 1. The summed E-state index contributed by atoms with van der Waals surface area (Å²) >= 11 is 3.10. The van der Waals surface area contributed by atoms with Crippen LogP contribution in [0.25, 0.3) is 0 Å². The lowest BCUT2D eigenvalue weighted by Crippen LogP contribution is -2.19. The standard InChI is InChI=1S/C11H15N5S2/c1-11(2,3)9-14-7(16-12)6-8(15-9)18-10-13-4-5-17-10/h4-6H,12H2,1-3H3,(H,14,15,16). The molecule has 0 saturated carbocycles. The number of nitrogen functional groups attached to an aromatic ring is 1. The largest absolute Gasteiger partial charge is 0.308 e. The van der Waals surface area contributed by atoms with Crippen LogP contribution in [-0.4, -0.2) is 15.0 Å². The van der Waals surface area contributed by atoms with E-state index in [0.717, 1.165) is 15.2 Å². The molecule has 2 rings (SSSR count). The molecule has 0 amide bonds. The summed E-state index contributed by atoms with van der Waals surface area (Å²) in [6.07, 6.45) is 1.78. The van der Waals surface area contributed by atoms with Crippen LogP contribution < -0.4 is 11.3 Å². The zero-order valence-electron chi connectivity index (χ0n) is 10.5. The molecule has 0 bridgehead atoms. The van der Waals surface area contributed by atoms with Gasteiger partial charge in [-0.3, -0.25) is 0 Å². The van der Waals surface area contributed by atoms with Crippen molar-refractivity contribution >= 4 is 28.9 Å². The van der Waals surface area contributed by atoms with E-state index in [1.54, 1.807) is 17.5 Å². The molecule has 96 valence electrons. The van der Waals surface area contributed by atoms with Gasteiger partial charge in [0.05, 0.1) is 0 Å². The Morgan fingerprint density at radius 2 is 2.11 bits per heavy atom. The predicted molar refractivity (Wildman–Crippen MR) is 74.8 cm³/mol. The topological polar surface area (TPSA) is 76.7 Å². The van der Waals surface area contributed by atoms with Crippen LogP contribution in [0.3, 0.4) is 0 Å². The maximum Gasteiger partial charge on any atom is 0.156 e. The lowest BCUT2D eigenvalue weighted by molar-refractivity contribution is 0.539. The Labute approximate surface area is 114 Å². The SMILES string of the molecule is CC(C)(C)c1nc(NN)cc(Sc2nccs2)n1. The summed E-state index contributed by atoms with van der Waals surface area (Å²) in [7, 11) is 0. The maximum absolute atomic E-state index is 5.44. The monoisotopic (exact) mass is 281 g/mol. The molecule has 2 heterocycles. The molecule has 0 aliphatic carbocycles. The molecule has 2 aromatic heterocycles. The summed E-state index contributed by atoms with van der Waals surface area (Å²) < 4.78 is 0.955. The van der Waals surface area contributed by atoms with Crippen molar-refractivity contribution in [1.29, 1.82) is 0 Å². The zero-order chi connectivity index (χ0) is 13.2. The van der Waals surface area contributed by atoms with Gasteiger partial charge in [0, 0.05) is 23.1 Å². The van der Waals surface area contributed by atoms with Crippen molar-refractivity contribution < 1.29 is 0 Å². The van der Waals surface area contributed by atoms with Gasteiger partial charge in [0.1, 0.15) is 16.7 Å². The summed E-state index contributed by atoms with van der Waals surface area (Å²) in [6, 6.07) is 1.82. The van der Waals surface area contributed by atoms with Gasteiger partial charge in [-0.05, 0) is 11.8 Å². The number of nitrogens with zero attached hydrogens (tertiary/aromatic N) is 3. The third kappa shape index (κ3) is 3.18. The second-order valence-corrected chi connectivity index (χ2v) is 6.87. The van der Waals surface area contributed by atoms with Crippen LogP contribution in [0.5, 0.6) is 0 Å². The number of nitrogens with two attached hydrogens (primary N) is 1. The molecular formula is C11H15N5S2. The third-order valence-corrected chi connectivity index (χ3v) is 3.92. The minimum Gasteiger partial charge on any atom is -0.308 e. The van der Waals surface area contributed by atoms with Crippen LogP contribution in [0.4, 0.5) is 5.82 Å². The fourth-order valence-corrected chi connectivity index (χ4v) is 2.81. The Kier molecular flexibility index (Phi) is 3.84. The third-order valence-electron chi connectivity index (χ3n) is 2.12. The van der Waals surface area contributed by atoms with Crippen molar-refractivity contribution in [3.05, 3.63) is 23.5 Å². The Morgan fingerprint density at radius 3 is 2.67 bits per heavy atom. The molecule has 3 N–H and O–H groups in total. The van der Waals surface area contributed by atoms with E-state index in [4.69, 9.17) is 5.84 Å². The number of hydrogen-bond acceptors (Lipinski definition) is 7. The van der Waals surface area contributed by atoms with E-state index in [1.165, 1.54) is 11.8 Å². The van der Waals surface area contributed by atoms with E-state index in [-0.39, 0.29) is 5.41 Å². The summed E-state index contributed by atoms with van der Waals surface area (Å²) in [5.74, 6) is 6.82. The Hall–Kier alpha value is -1.18. The van der Waals surface area contributed by atoms with E-state index >= 15 is 0 Å². The Balaban J connectivity index is 2.35. The number of thiazole rings is 1. The highest BCUT2D eigenvalue weighted by Gasteiger charge is 2.19. The normalized spacial score (nSPS) is 11.6. The van der Waals surface area contributed by atoms with Crippen molar-refractivity contribution in [2.24, 2.45) is 5.84 Å². The predicted octanol–water partition coefficient (Wildman–Crippen LogP) is 2.67. The number of hydrazine groups is 1. The van der Waals surface area contributed by atoms with Crippen LogP contribution >= 0.6 is 23.1 Å². The van der Waals surface area contributed by atoms with Gasteiger partial charge in [0.25, 0.3) is 0 Å². The van der Waals surface area contributed by atoms with E-state index in [0.29, 0.717) is 5.82 Å².